The van der Waals surface area contributed by atoms with Crippen LogP contribution in [0.5, 0.6) is 0 Å². The summed E-state index contributed by atoms with van der Waals surface area (Å²) in [4.78, 5) is 12.3. The van der Waals surface area contributed by atoms with Gasteiger partial charge < -0.3 is 5.32 Å². The number of benzene rings is 2. The lowest BCUT2D eigenvalue weighted by Crippen LogP contribution is -2.15. The number of amides is 1. The zero-order valence-electron chi connectivity index (χ0n) is 14.5. The zero-order chi connectivity index (χ0) is 18.3. The van der Waals surface area contributed by atoms with Gasteiger partial charge in [0.2, 0.25) is 5.91 Å². The van der Waals surface area contributed by atoms with E-state index in [1.165, 1.54) is 23.9 Å². The summed E-state index contributed by atoms with van der Waals surface area (Å²) in [7, 11) is 0. The van der Waals surface area contributed by atoms with E-state index < -0.39 is 0 Å². The van der Waals surface area contributed by atoms with Gasteiger partial charge in [-0.2, -0.15) is 5.10 Å². The lowest BCUT2D eigenvalue weighted by molar-refractivity contribution is -0.113. The highest BCUT2D eigenvalue weighted by atomic mass is 32.2. The van der Waals surface area contributed by atoms with Gasteiger partial charge >= 0.3 is 0 Å². The van der Waals surface area contributed by atoms with Crippen molar-refractivity contribution in [2.24, 2.45) is 0 Å². The van der Waals surface area contributed by atoms with Crippen molar-refractivity contribution in [1.82, 2.24) is 9.78 Å². The van der Waals surface area contributed by atoms with Gasteiger partial charge in [0.1, 0.15) is 11.6 Å². The maximum absolute atomic E-state index is 13.3. The van der Waals surface area contributed by atoms with Crippen molar-refractivity contribution in [3.63, 3.8) is 0 Å². The van der Waals surface area contributed by atoms with Crippen LogP contribution in [0.4, 0.5) is 10.2 Å². The van der Waals surface area contributed by atoms with Crippen LogP contribution in [-0.2, 0) is 4.79 Å². The molecule has 1 aromatic heterocycles. The molecule has 6 heteroatoms. The number of rotatable bonds is 2. The molecule has 1 amide bonds. The number of nitrogens with zero attached hydrogens (tertiary/aromatic N) is 2. The third kappa shape index (κ3) is 3.01. The number of thioether (sulfide) groups is 1. The SMILES string of the molecule is Cc1ccc(-n2nc(C)c3c2NC(=O)CS[C@H]3c2ccc(F)cc2)cc1. The topological polar surface area (TPSA) is 46.9 Å². The van der Waals surface area contributed by atoms with Gasteiger partial charge in [0.05, 0.1) is 22.4 Å². The molecule has 1 N–H and O–H groups in total. The molecule has 0 bridgehead atoms. The number of aromatic nitrogens is 2. The molecular weight excluding hydrogens is 349 g/mol. The predicted octanol–water partition coefficient (Wildman–Crippen LogP) is 4.40. The van der Waals surface area contributed by atoms with Gasteiger partial charge in [-0.15, -0.1) is 11.8 Å². The Hall–Kier alpha value is -2.60. The van der Waals surface area contributed by atoms with Crippen LogP contribution >= 0.6 is 11.8 Å². The molecule has 0 radical (unpaired) electrons. The second-order valence-electron chi connectivity index (χ2n) is 6.39. The summed E-state index contributed by atoms with van der Waals surface area (Å²) in [6.07, 6.45) is 0. The molecular formula is C20H18FN3OS. The third-order valence-corrected chi connectivity index (χ3v) is 5.73. The van der Waals surface area contributed by atoms with E-state index in [1.54, 1.807) is 16.8 Å². The van der Waals surface area contributed by atoms with Crippen LogP contribution in [0.2, 0.25) is 0 Å². The predicted molar refractivity (Wildman–Crippen MR) is 102 cm³/mol. The van der Waals surface area contributed by atoms with Crippen molar-refractivity contribution < 1.29 is 9.18 Å². The summed E-state index contributed by atoms with van der Waals surface area (Å²) in [6, 6.07) is 14.5. The standard InChI is InChI=1S/C20H18FN3OS/c1-12-3-9-16(10-4-12)24-20-18(13(2)23-24)19(26-11-17(25)22-20)14-5-7-15(21)8-6-14/h3-10,19H,11H2,1-2H3,(H,22,25)/t19-/m0/s1. The normalized spacial score (nSPS) is 16.7. The average Bonchev–Trinajstić information content (AvgIpc) is 2.83. The Kier molecular flexibility index (Phi) is 4.28. The summed E-state index contributed by atoms with van der Waals surface area (Å²) in [5.41, 5.74) is 4.83. The second-order valence-corrected chi connectivity index (χ2v) is 7.48. The zero-order valence-corrected chi connectivity index (χ0v) is 15.3. The van der Waals surface area contributed by atoms with Crippen LogP contribution in [0.1, 0.15) is 27.6 Å². The van der Waals surface area contributed by atoms with Crippen molar-refractivity contribution in [2.75, 3.05) is 11.1 Å². The molecule has 0 unspecified atom stereocenters. The fourth-order valence-corrected chi connectivity index (χ4v) is 4.35. The molecule has 0 aliphatic carbocycles. The summed E-state index contributed by atoms with van der Waals surface area (Å²) < 4.78 is 15.1. The summed E-state index contributed by atoms with van der Waals surface area (Å²) in [5, 5.41) is 7.60. The average molecular weight is 367 g/mol. The van der Waals surface area contributed by atoms with E-state index in [0.717, 1.165) is 28.1 Å². The van der Waals surface area contributed by atoms with E-state index in [9.17, 15) is 9.18 Å². The van der Waals surface area contributed by atoms with Crippen molar-refractivity contribution in [1.29, 1.82) is 0 Å². The van der Waals surface area contributed by atoms with Crippen LogP contribution in [0.15, 0.2) is 48.5 Å². The molecule has 0 spiro atoms. The monoisotopic (exact) mass is 367 g/mol. The summed E-state index contributed by atoms with van der Waals surface area (Å²) in [5.74, 6) is 0.697. The number of fused-ring (bicyclic) bond motifs is 1. The minimum absolute atomic E-state index is 0.0610. The molecule has 1 atom stereocenters. The lowest BCUT2D eigenvalue weighted by atomic mass is 10.0. The third-order valence-electron chi connectivity index (χ3n) is 4.46. The van der Waals surface area contributed by atoms with Crippen LogP contribution in [0.3, 0.4) is 0 Å². The van der Waals surface area contributed by atoms with Crippen molar-refractivity contribution >= 4 is 23.5 Å². The highest BCUT2D eigenvalue weighted by molar-refractivity contribution is 8.00. The highest BCUT2D eigenvalue weighted by Gasteiger charge is 2.30. The first-order chi connectivity index (χ1) is 12.5. The van der Waals surface area contributed by atoms with Crippen LogP contribution in [0.25, 0.3) is 5.69 Å². The number of hydrogen-bond acceptors (Lipinski definition) is 3. The van der Waals surface area contributed by atoms with Gasteiger partial charge in [0.25, 0.3) is 0 Å². The maximum atomic E-state index is 13.3. The highest BCUT2D eigenvalue weighted by Crippen LogP contribution is 2.43. The molecule has 0 fully saturated rings. The van der Waals surface area contributed by atoms with Crippen LogP contribution in [0, 0.1) is 19.7 Å². The molecule has 132 valence electrons. The van der Waals surface area contributed by atoms with Gasteiger partial charge in [-0.05, 0) is 43.7 Å². The first kappa shape index (κ1) is 16.8. The molecule has 3 aromatic rings. The first-order valence-electron chi connectivity index (χ1n) is 8.36. The Morgan fingerprint density at radius 3 is 2.50 bits per heavy atom. The molecule has 26 heavy (non-hydrogen) atoms. The number of anilines is 1. The smallest absolute Gasteiger partial charge is 0.235 e. The number of carbonyl (C=O) groups excluding carboxylic acids is 1. The molecule has 4 nitrogen and oxygen atoms in total. The van der Waals surface area contributed by atoms with Crippen LogP contribution < -0.4 is 5.32 Å². The fourth-order valence-electron chi connectivity index (χ4n) is 3.16. The van der Waals surface area contributed by atoms with Crippen molar-refractivity contribution in [3.8, 4) is 5.69 Å². The number of hydrogen-bond donors (Lipinski definition) is 1. The molecule has 1 aliphatic rings. The second kappa shape index (κ2) is 6.61. The molecule has 0 saturated carbocycles. The van der Waals surface area contributed by atoms with E-state index >= 15 is 0 Å². The van der Waals surface area contributed by atoms with Crippen molar-refractivity contribution in [3.05, 3.63) is 76.7 Å². The van der Waals surface area contributed by atoms with Crippen molar-refractivity contribution in [2.45, 2.75) is 19.1 Å². The fraction of sp³-hybridized carbons (Fsp3) is 0.200. The minimum atomic E-state index is -0.270. The summed E-state index contributed by atoms with van der Waals surface area (Å²) in [6.45, 7) is 3.97. The Balaban J connectivity index is 1.87. The van der Waals surface area contributed by atoms with Gasteiger partial charge in [-0.3, -0.25) is 4.79 Å². The van der Waals surface area contributed by atoms with Gasteiger partial charge in [-0.1, -0.05) is 29.8 Å². The van der Waals surface area contributed by atoms with E-state index in [1.807, 2.05) is 38.1 Å². The van der Waals surface area contributed by atoms with Gasteiger partial charge in [0, 0.05) is 5.56 Å². The summed E-state index contributed by atoms with van der Waals surface area (Å²) >= 11 is 1.53. The van der Waals surface area contributed by atoms with E-state index in [-0.39, 0.29) is 17.0 Å². The number of aryl methyl sites for hydroxylation is 2. The molecule has 1 aliphatic heterocycles. The largest absolute Gasteiger partial charge is 0.310 e. The number of carbonyl (C=O) groups is 1. The van der Waals surface area contributed by atoms with Crippen LogP contribution in [-0.4, -0.2) is 21.4 Å². The quantitative estimate of drug-likeness (QED) is 0.730. The minimum Gasteiger partial charge on any atom is -0.310 e. The Morgan fingerprint density at radius 1 is 1.12 bits per heavy atom. The number of nitrogens with one attached hydrogen (secondary N) is 1. The Labute approximate surface area is 155 Å². The van der Waals surface area contributed by atoms with E-state index in [4.69, 9.17) is 0 Å². The van der Waals surface area contributed by atoms with E-state index in [0.29, 0.717) is 11.6 Å². The van der Waals surface area contributed by atoms with E-state index in [2.05, 4.69) is 10.4 Å². The van der Waals surface area contributed by atoms with Gasteiger partial charge in [-0.25, -0.2) is 9.07 Å². The van der Waals surface area contributed by atoms with Gasteiger partial charge in [0.15, 0.2) is 0 Å². The number of halogens is 1. The Morgan fingerprint density at radius 2 is 1.81 bits per heavy atom. The molecule has 2 heterocycles. The molecule has 2 aromatic carbocycles. The lowest BCUT2D eigenvalue weighted by Gasteiger charge is -2.15. The molecule has 0 saturated heterocycles. The maximum Gasteiger partial charge on any atom is 0.235 e. The molecule has 4 rings (SSSR count). The Bertz CT molecular complexity index is 964. The first-order valence-corrected chi connectivity index (χ1v) is 9.41.